The van der Waals surface area contributed by atoms with E-state index in [9.17, 15) is 24.1 Å². The number of hydrogen-bond donors (Lipinski definition) is 0. The zero-order valence-electron chi connectivity index (χ0n) is 16.8. The topological polar surface area (TPSA) is 93.0 Å². The highest BCUT2D eigenvalue weighted by molar-refractivity contribution is 6.30. The maximum atomic E-state index is 13.6. The van der Waals surface area contributed by atoms with Crippen molar-refractivity contribution >= 4 is 40.5 Å². The van der Waals surface area contributed by atoms with Crippen LogP contribution in [-0.2, 0) is 14.4 Å². The second kappa shape index (κ2) is 7.95. The Bertz CT molecular complexity index is 1250. The third-order valence-electron chi connectivity index (χ3n) is 5.73. The number of amides is 2. The van der Waals surface area contributed by atoms with Crippen LogP contribution in [0.1, 0.15) is 11.6 Å². The van der Waals surface area contributed by atoms with E-state index in [0.29, 0.717) is 16.3 Å². The number of nitro groups is 1. The molecule has 0 saturated carbocycles. The van der Waals surface area contributed by atoms with Crippen molar-refractivity contribution in [3.8, 4) is 0 Å². The number of fused-ring (bicyclic) bond motifs is 1. The molecule has 2 heterocycles. The van der Waals surface area contributed by atoms with Crippen LogP contribution in [0.3, 0.4) is 0 Å². The largest absolute Gasteiger partial charge is 0.273 e. The quantitative estimate of drug-likeness (QED) is 0.320. The molecule has 0 aliphatic carbocycles. The van der Waals surface area contributed by atoms with Gasteiger partial charge in [0.25, 0.3) is 11.6 Å². The van der Waals surface area contributed by atoms with Crippen LogP contribution in [0.4, 0.5) is 21.5 Å². The summed E-state index contributed by atoms with van der Waals surface area (Å²) in [5, 5.41) is 12.9. The van der Waals surface area contributed by atoms with Gasteiger partial charge in [0.1, 0.15) is 11.7 Å². The van der Waals surface area contributed by atoms with E-state index in [2.05, 4.69) is 0 Å². The lowest BCUT2D eigenvalue weighted by atomic mass is 9.90. The number of nitrogens with zero attached hydrogens (tertiary/aromatic N) is 3. The van der Waals surface area contributed by atoms with Gasteiger partial charge in [0.15, 0.2) is 6.10 Å². The lowest BCUT2D eigenvalue weighted by Crippen LogP contribution is -2.37. The summed E-state index contributed by atoms with van der Waals surface area (Å²) < 4.78 is 13.6. The molecule has 166 valence electrons. The van der Waals surface area contributed by atoms with E-state index in [1.807, 2.05) is 0 Å². The van der Waals surface area contributed by atoms with Crippen LogP contribution in [0.25, 0.3) is 0 Å². The van der Waals surface area contributed by atoms with E-state index in [1.165, 1.54) is 41.5 Å². The van der Waals surface area contributed by atoms with E-state index in [1.54, 1.807) is 36.4 Å². The van der Waals surface area contributed by atoms with Crippen LogP contribution in [0.5, 0.6) is 0 Å². The molecule has 2 aliphatic rings. The average Bonchev–Trinajstić information content (AvgIpc) is 3.31. The van der Waals surface area contributed by atoms with Crippen molar-refractivity contribution in [3.05, 3.63) is 99.3 Å². The maximum absolute atomic E-state index is 13.6. The van der Waals surface area contributed by atoms with Crippen LogP contribution in [0.2, 0.25) is 5.02 Å². The third kappa shape index (κ3) is 3.51. The van der Waals surface area contributed by atoms with E-state index >= 15 is 0 Å². The van der Waals surface area contributed by atoms with Crippen LogP contribution >= 0.6 is 11.6 Å². The summed E-state index contributed by atoms with van der Waals surface area (Å²) in [6.45, 7) is 0. The molecule has 5 rings (SSSR count). The number of non-ortho nitro benzene ring substituents is 1. The first-order valence-corrected chi connectivity index (χ1v) is 10.3. The Hall–Kier alpha value is -3.82. The number of nitro benzene ring substituents is 1. The second-order valence-electron chi connectivity index (χ2n) is 7.64. The fourth-order valence-electron chi connectivity index (χ4n) is 4.20. The molecular weight excluding hydrogens is 453 g/mol. The number of imide groups is 1. The molecule has 8 nitrogen and oxygen atoms in total. The minimum atomic E-state index is -1.11. The number of rotatable bonds is 4. The Labute approximate surface area is 191 Å². The van der Waals surface area contributed by atoms with Gasteiger partial charge in [0, 0.05) is 17.2 Å². The standard InChI is InChI=1S/C23H15ClFN3O5/c24-14-3-7-17(8-4-14)27-20(13-1-5-15(25)6-2-13)19-21(33-27)23(30)26(22(19)29)16-9-11-18(12-10-16)28(31)32/h1-12,19-21H. The molecule has 3 unspecified atom stereocenters. The number of hydroxylamine groups is 1. The normalized spacial score (nSPS) is 22.1. The van der Waals surface area contributed by atoms with Gasteiger partial charge in [-0.1, -0.05) is 23.7 Å². The first-order valence-electron chi connectivity index (χ1n) is 9.94. The molecule has 3 aromatic carbocycles. The van der Waals surface area contributed by atoms with Gasteiger partial charge >= 0.3 is 0 Å². The van der Waals surface area contributed by atoms with Gasteiger partial charge in [0.2, 0.25) is 5.91 Å². The molecule has 0 aromatic heterocycles. The van der Waals surface area contributed by atoms with Crippen molar-refractivity contribution in [3.63, 3.8) is 0 Å². The second-order valence-corrected chi connectivity index (χ2v) is 8.07. The van der Waals surface area contributed by atoms with E-state index in [-0.39, 0.29) is 11.4 Å². The molecule has 33 heavy (non-hydrogen) atoms. The van der Waals surface area contributed by atoms with Crippen molar-refractivity contribution in [1.82, 2.24) is 0 Å². The maximum Gasteiger partial charge on any atom is 0.269 e. The Morgan fingerprint density at radius 3 is 2.09 bits per heavy atom. The van der Waals surface area contributed by atoms with Crippen LogP contribution < -0.4 is 9.96 Å². The fourth-order valence-corrected chi connectivity index (χ4v) is 4.33. The Morgan fingerprint density at radius 1 is 0.879 bits per heavy atom. The summed E-state index contributed by atoms with van der Waals surface area (Å²) >= 11 is 5.99. The fraction of sp³-hybridized carbons (Fsp3) is 0.130. The Kier molecular flexibility index (Phi) is 5.07. The van der Waals surface area contributed by atoms with Crippen molar-refractivity contribution in [1.29, 1.82) is 0 Å². The number of carbonyl (C=O) groups is 2. The van der Waals surface area contributed by atoms with Crippen molar-refractivity contribution in [2.24, 2.45) is 5.92 Å². The number of hydrogen-bond acceptors (Lipinski definition) is 6. The van der Waals surface area contributed by atoms with Gasteiger partial charge in [-0.3, -0.25) is 24.5 Å². The van der Waals surface area contributed by atoms with Gasteiger partial charge in [-0.05, 0) is 54.1 Å². The van der Waals surface area contributed by atoms with Crippen LogP contribution in [0.15, 0.2) is 72.8 Å². The molecule has 2 saturated heterocycles. The van der Waals surface area contributed by atoms with Crippen molar-refractivity contribution in [2.45, 2.75) is 12.1 Å². The van der Waals surface area contributed by atoms with Gasteiger partial charge in [0.05, 0.1) is 22.3 Å². The lowest BCUT2D eigenvalue weighted by Gasteiger charge is -2.28. The highest BCUT2D eigenvalue weighted by Gasteiger charge is 2.60. The molecule has 2 fully saturated rings. The summed E-state index contributed by atoms with van der Waals surface area (Å²) in [4.78, 5) is 44.0. The van der Waals surface area contributed by atoms with E-state index < -0.39 is 40.6 Å². The van der Waals surface area contributed by atoms with E-state index in [4.69, 9.17) is 16.4 Å². The zero-order chi connectivity index (χ0) is 23.3. The number of halogens is 2. The molecule has 2 amide bonds. The molecule has 0 spiro atoms. The van der Waals surface area contributed by atoms with Crippen LogP contribution in [-0.4, -0.2) is 22.8 Å². The Balaban J connectivity index is 1.55. The van der Waals surface area contributed by atoms with Crippen molar-refractivity contribution in [2.75, 3.05) is 9.96 Å². The third-order valence-corrected chi connectivity index (χ3v) is 5.98. The molecule has 3 atom stereocenters. The SMILES string of the molecule is O=C1C2ON(c3ccc(Cl)cc3)C(c3ccc(F)cc3)C2C(=O)N1c1ccc([N+](=O)[O-])cc1. The smallest absolute Gasteiger partial charge is 0.269 e. The molecule has 0 N–H and O–H groups in total. The molecule has 3 aromatic rings. The summed E-state index contributed by atoms with van der Waals surface area (Å²) in [6, 6.07) is 16.8. The predicted octanol–water partition coefficient (Wildman–Crippen LogP) is 4.44. The molecule has 0 radical (unpaired) electrons. The highest BCUT2D eigenvalue weighted by Crippen LogP contribution is 2.47. The average molecular weight is 468 g/mol. The van der Waals surface area contributed by atoms with Gasteiger partial charge < -0.3 is 0 Å². The molecular formula is C23H15ClFN3O5. The predicted molar refractivity (Wildman–Crippen MR) is 117 cm³/mol. The van der Waals surface area contributed by atoms with E-state index in [0.717, 1.165) is 4.90 Å². The molecule has 2 aliphatic heterocycles. The van der Waals surface area contributed by atoms with Crippen LogP contribution in [0, 0.1) is 21.8 Å². The summed E-state index contributed by atoms with van der Waals surface area (Å²) in [6.07, 6.45) is -1.11. The molecule has 10 heteroatoms. The van der Waals surface area contributed by atoms with Gasteiger partial charge in [-0.15, -0.1) is 0 Å². The summed E-state index contributed by atoms with van der Waals surface area (Å²) in [5.41, 5.74) is 1.22. The first-order chi connectivity index (χ1) is 15.8. The zero-order valence-corrected chi connectivity index (χ0v) is 17.6. The van der Waals surface area contributed by atoms with Crippen molar-refractivity contribution < 1.29 is 23.7 Å². The number of carbonyl (C=O) groups excluding carboxylic acids is 2. The highest BCUT2D eigenvalue weighted by atomic mass is 35.5. The number of benzene rings is 3. The van der Waals surface area contributed by atoms with Gasteiger partial charge in [-0.25, -0.2) is 14.4 Å². The minimum Gasteiger partial charge on any atom is -0.273 e. The summed E-state index contributed by atoms with van der Waals surface area (Å²) in [5.74, 6) is -2.44. The minimum absolute atomic E-state index is 0.160. The van der Waals surface area contributed by atoms with Gasteiger partial charge in [-0.2, -0.15) is 0 Å². The lowest BCUT2D eigenvalue weighted by molar-refractivity contribution is -0.384. The molecule has 0 bridgehead atoms. The summed E-state index contributed by atoms with van der Waals surface area (Å²) in [7, 11) is 0. The number of anilines is 2. The Morgan fingerprint density at radius 2 is 1.48 bits per heavy atom. The first kappa shape index (κ1) is 21.0. The monoisotopic (exact) mass is 467 g/mol.